The van der Waals surface area contributed by atoms with Gasteiger partial charge >= 0.3 is 0 Å². The Hall–Kier alpha value is -2.07. The summed E-state index contributed by atoms with van der Waals surface area (Å²) in [4.78, 5) is 4.31. The molecule has 0 aliphatic carbocycles. The van der Waals surface area contributed by atoms with Gasteiger partial charge in [-0.15, -0.1) is 0 Å². The maximum atomic E-state index is 5.76. The summed E-state index contributed by atoms with van der Waals surface area (Å²) in [6, 6.07) is 12.4. The molecule has 0 fully saturated rings. The topological polar surface area (TPSA) is 43.4 Å². The van der Waals surface area contributed by atoms with E-state index in [0.29, 0.717) is 19.1 Å². The van der Waals surface area contributed by atoms with Gasteiger partial charge in [-0.2, -0.15) is 0 Å². The first-order valence-corrected chi connectivity index (χ1v) is 7.28. The van der Waals surface area contributed by atoms with Crippen LogP contribution in [0, 0.1) is 0 Å². The van der Waals surface area contributed by atoms with Crippen molar-refractivity contribution >= 4 is 5.69 Å². The van der Waals surface area contributed by atoms with Crippen molar-refractivity contribution in [2.24, 2.45) is 0 Å². The minimum Gasteiger partial charge on any atom is -0.473 e. The molecule has 2 aromatic rings. The van der Waals surface area contributed by atoms with E-state index in [1.165, 1.54) is 11.1 Å². The maximum Gasteiger partial charge on any atom is 0.237 e. The van der Waals surface area contributed by atoms with Gasteiger partial charge in [-0.3, -0.25) is 0 Å². The number of benzene rings is 1. The summed E-state index contributed by atoms with van der Waals surface area (Å²) in [5, 5.41) is 3.50. The average Bonchev–Trinajstić information content (AvgIpc) is 2.49. The van der Waals surface area contributed by atoms with Gasteiger partial charge in [0.25, 0.3) is 0 Å². The van der Waals surface area contributed by atoms with Crippen LogP contribution < -0.4 is 10.1 Å². The van der Waals surface area contributed by atoms with Crippen molar-refractivity contribution in [3.63, 3.8) is 0 Å². The monoisotopic (exact) mass is 284 g/mol. The highest BCUT2D eigenvalue weighted by atomic mass is 16.5. The number of ether oxygens (including phenoxy) is 2. The molecule has 1 atom stereocenters. The molecule has 0 radical (unpaired) electrons. The summed E-state index contributed by atoms with van der Waals surface area (Å²) in [6.45, 7) is 5.32. The molecule has 4 heteroatoms. The third kappa shape index (κ3) is 3.16. The number of aromatic nitrogens is 1. The second-order valence-corrected chi connectivity index (χ2v) is 5.43. The van der Waals surface area contributed by atoms with Crippen LogP contribution in [0.25, 0.3) is 0 Å². The standard InChI is InChI=1S/C17H20N2O2/c1-12(2)21-17-15(8-5-9-18-17)19-16-11-20-10-13-6-3-4-7-14(13)16/h3-9,12,16,19H,10-11H2,1-2H3. The van der Waals surface area contributed by atoms with E-state index in [9.17, 15) is 0 Å². The first-order valence-electron chi connectivity index (χ1n) is 7.28. The minimum absolute atomic E-state index is 0.0929. The van der Waals surface area contributed by atoms with Crippen molar-refractivity contribution in [2.45, 2.75) is 32.6 Å². The van der Waals surface area contributed by atoms with Crippen LogP contribution in [0.2, 0.25) is 0 Å². The molecule has 110 valence electrons. The molecular formula is C17H20N2O2. The van der Waals surface area contributed by atoms with E-state index < -0.39 is 0 Å². The number of hydrogen-bond donors (Lipinski definition) is 1. The Morgan fingerprint density at radius 3 is 2.95 bits per heavy atom. The Morgan fingerprint density at radius 1 is 1.24 bits per heavy atom. The zero-order valence-corrected chi connectivity index (χ0v) is 12.4. The summed E-state index contributed by atoms with van der Waals surface area (Å²) in [6.07, 6.45) is 1.84. The second-order valence-electron chi connectivity index (χ2n) is 5.43. The summed E-state index contributed by atoms with van der Waals surface area (Å²) in [5.74, 6) is 0.635. The molecule has 1 aliphatic heterocycles. The molecule has 0 saturated heterocycles. The molecule has 0 spiro atoms. The van der Waals surface area contributed by atoms with Crippen molar-refractivity contribution in [2.75, 3.05) is 11.9 Å². The molecule has 2 heterocycles. The van der Waals surface area contributed by atoms with E-state index in [1.807, 2.05) is 32.0 Å². The molecular weight excluding hydrogens is 264 g/mol. The number of rotatable bonds is 4. The highest BCUT2D eigenvalue weighted by Gasteiger charge is 2.21. The summed E-state index contributed by atoms with van der Waals surface area (Å²) in [5.41, 5.74) is 3.41. The van der Waals surface area contributed by atoms with Gasteiger partial charge in [0.15, 0.2) is 0 Å². The number of nitrogens with one attached hydrogen (secondary N) is 1. The Balaban J connectivity index is 1.85. The number of hydrogen-bond acceptors (Lipinski definition) is 4. The molecule has 1 aliphatic rings. The Labute approximate surface area is 125 Å². The first-order chi connectivity index (χ1) is 10.2. The predicted molar refractivity (Wildman–Crippen MR) is 82.5 cm³/mol. The van der Waals surface area contributed by atoms with Crippen molar-refractivity contribution in [1.82, 2.24) is 4.98 Å². The van der Waals surface area contributed by atoms with Crippen LogP contribution in [0.5, 0.6) is 5.88 Å². The van der Waals surface area contributed by atoms with Crippen LogP contribution in [0.3, 0.4) is 0 Å². The first kappa shape index (κ1) is 13.9. The van der Waals surface area contributed by atoms with E-state index in [-0.39, 0.29) is 12.1 Å². The van der Waals surface area contributed by atoms with Crippen LogP contribution >= 0.6 is 0 Å². The van der Waals surface area contributed by atoms with Crippen molar-refractivity contribution in [3.05, 3.63) is 53.7 Å². The average molecular weight is 284 g/mol. The summed E-state index contributed by atoms with van der Waals surface area (Å²) in [7, 11) is 0. The Kier molecular flexibility index (Phi) is 4.06. The highest BCUT2D eigenvalue weighted by molar-refractivity contribution is 5.54. The lowest BCUT2D eigenvalue weighted by molar-refractivity contribution is 0.0968. The molecule has 0 saturated carbocycles. The Morgan fingerprint density at radius 2 is 2.10 bits per heavy atom. The summed E-state index contributed by atoms with van der Waals surface area (Å²) >= 11 is 0. The van der Waals surface area contributed by atoms with Crippen LogP contribution in [-0.2, 0) is 11.3 Å². The number of anilines is 1. The van der Waals surface area contributed by atoms with Gasteiger partial charge in [0.2, 0.25) is 5.88 Å². The van der Waals surface area contributed by atoms with Gasteiger partial charge in [-0.1, -0.05) is 24.3 Å². The fourth-order valence-electron chi connectivity index (χ4n) is 2.51. The third-order valence-corrected chi connectivity index (χ3v) is 3.42. The van der Waals surface area contributed by atoms with Gasteiger partial charge in [-0.25, -0.2) is 4.98 Å². The lowest BCUT2D eigenvalue weighted by Gasteiger charge is -2.28. The number of nitrogens with zero attached hydrogens (tertiary/aromatic N) is 1. The SMILES string of the molecule is CC(C)Oc1ncccc1NC1COCc2ccccc21. The smallest absolute Gasteiger partial charge is 0.237 e. The fraction of sp³-hybridized carbons (Fsp3) is 0.353. The number of pyridine rings is 1. The fourth-order valence-corrected chi connectivity index (χ4v) is 2.51. The molecule has 3 rings (SSSR count). The highest BCUT2D eigenvalue weighted by Crippen LogP contribution is 2.31. The Bertz CT molecular complexity index is 613. The normalized spacial score (nSPS) is 17.4. The molecule has 1 unspecified atom stereocenters. The van der Waals surface area contributed by atoms with Crippen molar-refractivity contribution in [1.29, 1.82) is 0 Å². The molecule has 0 amide bonds. The van der Waals surface area contributed by atoms with Crippen molar-refractivity contribution in [3.8, 4) is 5.88 Å². The second kappa shape index (κ2) is 6.14. The van der Waals surface area contributed by atoms with Crippen molar-refractivity contribution < 1.29 is 9.47 Å². The lowest BCUT2D eigenvalue weighted by atomic mass is 9.99. The summed E-state index contributed by atoms with van der Waals surface area (Å²) < 4.78 is 11.4. The van der Waals surface area contributed by atoms with Crippen LogP contribution in [0.1, 0.15) is 31.0 Å². The zero-order valence-electron chi connectivity index (χ0n) is 12.4. The van der Waals surface area contributed by atoms with Gasteiger partial charge in [0.1, 0.15) is 0 Å². The molecule has 1 N–H and O–H groups in total. The molecule has 0 bridgehead atoms. The molecule has 21 heavy (non-hydrogen) atoms. The minimum atomic E-state index is 0.0929. The van der Waals surface area contributed by atoms with E-state index in [2.05, 4.69) is 28.5 Å². The predicted octanol–water partition coefficient (Wildman–Crippen LogP) is 3.55. The number of fused-ring (bicyclic) bond motifs is 1. The van der Waals surface area contributed by atoms with Crippen LogP contribution in [0.15, 0.2) is 42.6 Å². The van der Waals surface area contributed by atoms with Crippen LogP contribution in [0.4, 0.5) is 5.69 Å². The van der Waals surface area contributed by atoms with Crippen LogP contribution in [-0.4, -0.2) is 17.7 Å². The van der Waals surface area contributed by atoms with Gasteiger partial charge in [0, 0.05) is 6.20 Å². The maximum absolute atomic E-state index is 5.76. The van der Waals surface area contributed by atoms with Gasteiger partial charge < -0.3 is 14.8 Å². The van der Waals surface area contributed by atoms with Gasteiger partial charge in [0.05, 0.1) is 31.0 Å². The molecule has 4 nitrogen and oxygen atoms in total. The van der Waals surface area contributed by atoms with E-state index in [1.54, 1.807) is 6.20 Å². The molecule has 1 aromatic heterocycles. The zero-order chi connectivity index (χ0) is 14.7. The third-order valence-electron chi connectivity index (χ3n) is 3.42. The van der Waals surface area contributed by atoms with E-state index >= 15 is 0 Å². The van der Waals surface area contributed by atoms with E-state index in [4.69, 9.17) is 9.47 Å². The largest absolute Gasteiger partial charge is 0.473 e. The lowest BCUT2D eigenvalue weighted by Crippen LogP contribution is -2.23. The van der Waals surface area contributed by atoms with Gasteiger partial charge in [-0.05, 0) is 37.1 Å². The molecule has 1 aromatic carbocycles. The van der Waals surface area contributed by atoms with E-state index in [0.717, 1.165) is 5.69 Å². The quantitative estimate of drug-likeness (QED) is 0.932.